The van der Waals surface area contributed by atoms with E-state index in [1.807, 2.05) is 30.3 Å². The molecule has 0 saturated heterocycles. The van der Waals surface area contributed by atoms with Crippen molar-refractivity contribution in [2.24, 2.45) is 0 Å². The number of nitrogens with zero attached hydrogens (tertiary/aromatic N) is 1. The molecule has 0 aliphatic heterocycles. The highest BCUT2D eigenvalue weighted by molar-refractivity contribution is 5.86. The number of hydrogen-bond donors (Lipinski definition) is 1. The number of rotatable bonds is 6. The third-order valence-corrected chi connectivity index (χ3v) is 10.6. The Hall–Kier alpha value is -6.38. The van der Waals surface area contributed by atoms with E-state index in [1.54, 1.807) is 0 Å². The lowest BCUT2D eigenvalue weighted by Gasteiger charge is -2.28. The van der Waals surface area contributed by atoms with Crippen molar-refractivity contribution in [2.45, 2.75) is 31.6 Å². The fourth-order valence-electron chi connectivity index (χ4n) is 7.76. The molecule has 7 aromatic carbocycles. The average Bonchev–Trinajstić information content (AvgIpc) is 3.45. The summed E-state index contributed by atoms with van der Waals surface area (Å²) in [6.07, 6.45) is 8.08. The molecule has 7 aromatic rings. The third kappa shape index (κ3) is 6.97. The fourth-order valence-corrected chi connectivity index (χ4v) is 7.76. The van der Waals surface area contributed by atoms with Gasteiger partial charge in [-0.25, -0.2) is 0 Å². The zero-order chi connectivity index (χ0) is 36.2. The van der Waals surface area contributed by atoms with Crippen molar-refractivity contribution in [3.8, 4) is 22.3 Å². The standard InChI is InChI=1S/C45H37N.C6H7N/c1-45(2)43-30-37(36-18-12-17-35(29-36)33-15-8-4-9-16-33)23-27-41(43)42-28-26-40(31-44(42)45)46(38-19-10-5-11-20-38)39-24-21-34(22-25-39)32-13-6-3-7-14-32;7-6-4-2-1-3-5-6/h3-17,19-31,36H,18H2,1-2H3;1-5H,7H2. The van der Waals surface area contributed by atoms with Crippen molar-refractivity contribution in [2.75, 3.05) is 10.6 Å². The first kappa shape index (κ1) is 33.7. The van der Waals surface area contributed by atoms with Crippen molar-refractivity contribution in [1.82, 2.24) is 0 Å². The quantitative estimate of drug-likeness (QED) is 0.177. The number of nitrogen functional groups attached to an aromatic ring is 1. The summed E-state index contributed by atoms with van der Waals surface area (Å²) in [6.45, 7) is 4.78. The third-order valence-electron chi connectivity index (χ3n) is 10.6. The van der Waals surface area contributed by atoms with Gasteiger partial charge < -0.3 is 10.6 Å². The lowest BCUT2D eigenvalue weighted by Crippen LogP contribution is -2.17. The number of allylic oxidation sites excluding steroid dienone is 4. The van der Waals surface area contributed by atoms with Gasteiger partial charge in [-0.05, 0) is 105 Å². The first-order chi connectivity index (χ1) is 26.0. The smallest absolute Gasteiger partial charge is 0.0465 e. The summed E-state index contributed by atoms with van der Waals surface area (Å²) in [4.78, 5) is 2.38. The average molecular weight is 685 g/mol. The van der Waals surface area contributed by atoms with Gasteiger partial charge in [0.1, 0.15) is 0 Å². The van der Waals surface area contributed by atoms with Gasteiger partial charge in [-0.3, -0.25) is 0 Å². The Bertz CT molecular complexity index is 2370. The number of benzene rings is 7. The second kappa shape index (κ2) is 14.7. The molecular weight excluding hydrogens is 641 g/mol. The highest BCUT2D eigenvalue weighted by Gasteiger charge is 2.36. The molecule has 0 radical (unpaired) electrons. The molecule has 0 fully saturated rings. The Labute approximate surface area is 314 Å². The molecule has 0 saturated carbocycles. The highest BCUT2D eigenvalue weighted by atomic mass is 15.1. The van der Waals surface area contributed by atoms with E-state index in [2.05, 4.69) is 189 Å². The van der Waals surface area contributed by atoms with Gasteiger partial charge in [-0.1, -0.05) is 166 Å². The Balaban J connectivity index is 0.000000515. The predicted molar refractivity (Wildman–Crippen MR) is 226 cm³/mol. The van der Waals surface area contributed by atoms with Crippen LogP contribution in [0.5, 0.6) is 0 Å². The molecule has 53 heavy (non-hydrogen) atoms. The number of para-hydroxylation sites is 2. The van der Waals surface area contributed by atoms with E-state index in [4.69, 9.17) is 5.73 Å². The number of anilines is 4. The van der Waals surface area contributed by atoms with Crippen LogP contribution < -0.4 is 10.6 Å². The van der Waals surface area contributed by atoms with E-state index < -0.39 is 0 Å². The first-order valence-electron chi connectivity index (χ1n) is 18.5. The summed E-state index contributed by atoms with van der Waals surface area (Å²) in [5, 5.41) is 0. The largest absolute Gasteiger partial charge is 0.399 e. The maximum Gasteiger partial charge on any atom is 0.0465 e. The Morgan fingerprint density at radius 2 is 1.02 bits per heavy atom. The molecule has 1 atom stereocenters. The van der Waals surface area contributed by atoms with Crippen LogP contribution >= 0.6 is 0 Å². The Morgan fingerprint density at radius 3 is 1.64 bits per heavy atom. The second-order valence-corrected chi connectivity index (χ2v) is 14.4. The molecular formula is C51H44N2. The van der Waals surface area contributed by atoms with Crippen molar-refractivity contribution in [3.05, 3.63) is 222 Å². The molecule has 0 spiro atoms. The van der Waals surface area contributed by atoms with Crippen LogP contribution in [0.2, 0.25) is 0 Å². The van der Waals surface area contributed by atoms with E-state index in [1.165, 1.54) is 55.8 Å². The zero-order valence-electron chi connectivity index (χ0n) is 30.4. The predicted octanol–water partition coefficient (Wildman–Crippen LogP) is 13.5. The molecule has 0 aromatic heterocycles. The maximum absolute atomic E-state index is 5.36. The van der Waals surface area contributed by atoms with Gasteiger partial charge in [0.15, 0.2) is 0 Å². The summed E-state index contributed by atoms with van der Waals surface area (Å²) in [6, 6.07) is 64.7. The second-order valence-electron chi connectivity index (χ2n) is 14.4. The van der Waals surface area contributed by atoms with Gasteiger partial charge in [-0.2, -0.15) is 0 Å². The van der Waals surface area contributed by atoms with E-state index in [0.717, 1.165) is 23.5 Å². The molecule has 0 heterocycles. The van der Waals surface area contributed by atoms with Gasteiger partial charge in [0.2, 0.25) is 0 Å². The molecule has 0 bridgehead atoms. The van der Waals surface area contributed by atoms with Crippen LogP contribution in [0.25, 0.3) is 27.8 Å². The summed E-state index contributed by atoms with van der Waals surface area (Å²) >= 11 is 0. The minimum absolute atomic E-state index is 0.118. The van der Waals surface area contributed by atoms with Crippen LogP contribution in [0.15, 0.2) is 200 Å². The van der Waals surface area contributed by atoms with Gasteiger partial charge in [0.25, 0.3) is 0 Å². The lowest BCUT2D eigenvalue weighted by atomic mass is 9.80. The van der Waals surface area contributed by atoms with E-state index in [-0.39, 0.29) is 5.41 Å². The summed E-state index contributed by atoms with van der Waals surface area (Å²) in [7, 11) is 0. The van der Waals surface area contributed by atoms with E-state index in [9.17, 15) is 0 Å². The molecule has 1 unspecified atom stereocenters. The Morgan fingerprint density at radius 1 is 0.509 bits per heavy atom. The van der Waals surface area contributed by atoms with E-state index in [0.29, 0.717) is 5.92 Å². The fraction of sp³-hybridized carbons (Fsp3) is 0.0980. The molecule has 2 aliphatic carbocycles. The number of fused-ring (bicyclic) bond motifs is 3. The van der Waals surface area contributed by atoms with Crippen LogP contribution in [-0.2, 0) is 5.41 Å². The summed E-state index contributed by atoms with van der Waals surface area (Å²) in [5.74, 6) is 0.369. The van der Waals surface area contributed by atoms with Gasteiger partial charge >= 0.3 is 0 Å². The number of hydrogen-bond acceptors (Lipinski definition) is 2. The van der Waals surface area contributed by atoms with Crippen LogP contribution in [0.4, 0.5) is 22.7 Å². The van der Waals surface area contributed by atoms with Gasteiger partial charge in [-0.15, -0.1) is 0 Å². The number of nitrogens with two attached hydrogens (primary N) is 1. The molecule has 2 N–H and O–H groups in total. The van der Waals surface area contributed by atoms with Crippen molar-refractivity contribution >= 4 is 28.3 Å². The summed E-state index contributed by atoms with van der Waals surface area (Å²) < 4.78 is 0. The van der Waals surface area contributed by atoms with Gasteiger partial charge in [0.05, 0.1) is 0 Å². The molecule has 2 nitrogen and oxygen atoms in total. The molecule has 2 aliphatic rings. The van der Waals surface area contributed by atoms with Crippen molar-refractivity contribution in [1.29, 1.82) is 0 Å². The molecule has 2 heteroatoms. The first-order valence-corrected chi connectivity index (χ1v) is 18.5. The molecule has 9 rings (SSSR count). The maximum atomic E-state index is 5.36. The van der Waals surface area contributed by atoms with E-state index >= 15 is 0 Å². The van der Waals surface area contributed by atoms with Crippen molar-refractivity contribution in [3.63, 3.8) is 0 Å². The lowest BCUT2D eigenvalue weighted by molar-refractivity contribution is 0.658. The van der Waals surface area contributed by atoms with Crippen LogP contribution in [-0.4, -0.2) is 0 Å². The molecule has 258 valence electrons. The van der Waals surface area contributed by atoms with Crippen LogP contribution in [0.3, 0.4) is 0 Å². The zero-order valence-corrected chi connectivity index (χ0v) is 30.4. The van der Waals surface area contributed by atoms with Crippen LogP contribution in [0.1, 0.15) is 48.4 Å². The normalized spacial score (nSPS) is 15.0. The SMILES string of the molecule is CC1(C)c2cc(C3C=C(c4ccccc4)C=CC3)ccc2-c2ccc(N(c3ccccc3)c3ccc(-c4ccccc4)cc3)cc21.Nc1ccccc1. The summed E-state index contributed by atoms with van der Waals surface area (Å²) in [5.41, 5.74) is 21.4. The van der Waals surface area contributed by atoms with Gasteiger partial charge in [0, 0.05) is 34.1 Å². The van der Waals surface area contributed by atoms with Crippen molar-refractivity contribution < 1.29 is 0 Å². The minimum atomic E-state index is -0.118. The highest BCUT2D eigenvalue weighted by Crippen LogP contribution is 2.51. The minimum Gasteiger partial charge on any atom is -0.399 e. The monoisotopic (exact) mass is 684 g/mol. The Kier molecular flexibility index (Phi) is 9.36. The topological polar surface area (TPSA) is 29.3 Å². The molecule has 0 amide bonds. The van der Waals surface area contributed by atoms with Crippen LogP contribution in [0, 0.1) is 0 Å².